The zero-order chi connectivity index (χ0) is 20.4. The predicted molar refractivity (Wildman–Crippen MR) is 114 cm³/mol. The number of aromatic hydroxyl groups is 1. The molecule has 2 atom stereocenters. The lowest BCUT2D eigenvalue weighted by Gasteiger charge is -2.24. The predicted octanol–water partition coefficient (Wildman–Crippen LogP) is 4.29. The molecule has 29 heavy (non-hydrogen) atoms. The molecule has 0 saturated carbocycles. The quantitative estimate of drug-likeness (QED) is 0.539. The molecule has 5 heteroatoms. The van der Waals surface area contributed by atoms with Gasteiger partial charge in [-0.05, 0) is 29.3 Å². The summed E-state index contributed by atoms with van der Waals surface area (Å²) in [7, 11) is 1.83. The molecule has 0 bridgehead atoms. The molecule has 5 nitrogen and oxygen atoms in total. The Labute approximate surface area is 169 Å². The van der Waals surface area contributed by atoms with Gasteiger partial charge in [-0.2, -0.15) is 5.10 Å². The number of benzene rings is 3. The van der Waals surface area contributed by atoms with Crippen LogP contribution < -0.4 is 5.32 Å². The van der Waals surface area contributed by atoms with E-state index in [1.807, 2.05) is 80.8 Å². The van der Waals surface area contributed by atoms with Gasteiger partial charge in [0.1, 0.15) is 5.75 Å². The molecule has 0 unspecified atom stereocenters. The Kier molecular flexibility index (Phi) is 5.04. The van der Waals surface area contributed by atoms with E-state index in [0.717, 1.165) is 21.9 Å². The van der Waals surface area contributed by atoms with Crippen molar-refractivity contribution in [2.75, 3.05) is 0 Å². The van der Waals surface area contributed by atoms with Crippen molar-refractivity contribution in [3.8, 4) is 5.75 Å². The number of nitrogens with one attached hydrogen (secondary N) is 1. The van der Waals surface area contributed by atoms with Gasteiger partial charge in [0, 0.05) is 24.4 Å². The fraction of sp³-hybridized carbons (Fsp3) is 0.167. The number of rotatable bonds is 5. The minimum atomic E-state index is -0.478. The molecule has 4 rings (SSSR count). The first-order valence-corrected chi connectivity index (χ1v) is 9.59. The van der Waals surface area contributed by atoms with Crippen LogP contribution in [0.1, 0.15) is 35.6 Å². The van der Waals surface area contributed by atoms with Crippen molar-refractivity contribution in [1.82, 2.24) is 15.1 Å². The monoisotopic (exact) mass is 385 g/mol. The summed E-state index contributed by atoms with van der Waals surface area (Å²) in [4.78, 5) is 13.1. The van der Waals surface area contributed by atoms with Gasteiger partial charge in [0.25, 0.3) is 0 Å². The van der Waals surface area contributed by atoms with Crippen molar-refractivity contribution in [3.05, 3.63) is 95.8 Å². The van der Waals surface area contributed by atoms with Gasteiger partial charge in [0.15, 0.2) is 0 Å². The standard InChI is InChI=1S/C24H23N3O2/c1-16(19-14-25-27(2)15-19)24(29)26-23(18-9-4-3-5-10-18)22-20-11-7-6-8-17(20)12-13-21(22)28/h3-16,23,28H,1-2H3,(H,26,29)/t16-,23-/m0/s1. The number of phenols is 1. The molecule has 0 radical (unpaired) electrons. The fourth-order valence-electron chi connectivity index (χ4n) is 3.64. The van der Waals surface area contributed by atoms with Gasteiger partial charge in [-0.15, -0.1) is 0 Å². The van der Waals surface area contributed by atoms with Gasteiger partial charge in [0.05, 0.1) is 18.2 Å². The molecule has 1 heterocycles. The maximum atomic E-state index is 13.1. The largest absolute Gasteiger partial charge is 0.508 e. The maximum Gasteiger partial charge on any atom is 0.228 e. The Morgan fingerprint density at radius 2 is 1.72 bits per heavy atom. The van der Waals surface area contributed by atoms with E-state index in [9.17, 15) is 9.90 Å². The van der Waals surface area contributed by atoms with Crippen LogP contribution in [-0.2, 0) is 11.8 Å². The summed E-state index contributed by atoms with van der Waals surface area (Å²) < 4.78 is 1.68. The fourth-order valence-corrected chi connectivity index (χ4v) is 3.64. The van der Waals surface area contributed by atoms with E-state index in [-0.39, 0.29) is 17.6 Å². The van der Waals surface area contributed by atoms with E-state index < -0.39 is 6.04 Å². The number of carbonyl (C=O) groups is 1. The van der Waals surface area contributed by atoms with Crippen LogP contribution in [0.3, 0.4) is 0 Å². The molecule has 0 spiro atoms. The first-order chi connectivity index (χ1) is 14.0. The van der Waals surface area contributed by atoms with Gasteiger partial charge < -0.3 is 10.4 Å². The van der Waals surface area contributed by atoms with E-state index in [1.54, 1.807) is 16.9 Å². The maximum absolute atomic E-state index is 13.1. The third-order valence-corrected chi connectivity index (χ3v) is 5.27. The molecule has 2 N–H and O–H groups in total. The van der Waals surface area contributed by atoms with E-state index in [4.69, 9.17) is 0 Å². The zero-order valence-electron chi connectivity index (χ0n) is 16.4. The van der Waals surface area contributed by atoms with Gasteiger partial charge in [0.2, 0.25) is 5.91 Å². The molecule has 0 fully saturated rings. The summed E-state index contributed by atoms with van der Waals surface area (Å²) in [6.45, 7) is 1.86. The molecule has 1 aromatic heterocycles. The number of hydrogen-bond acceptors (Lipinski definition) is 3. The minimum absolute atomic E-state index is 0.126. The SMILES string of the molecule is C[C@H](C(=O)N[C@@H](c1ccccc1)c1c(O)ccc2ccccc12)c1cnn(C)c1. The average molecular weight is 385 g/mol. The molecule has 0 aliphatic carbocycles. The molecule has 0 aliphatic heterocycles. The highest BCUT2D eigenvalue weighted by atomic mass is 16.3. The minimum Gasteiger partial charge on any atom is -0.508 e. The number of phenolic OH excluding ortho intramolecular Hbond substituents is 1. The van der Waals surface area contributed by atoms with E-state index in [1.165, 1.54) is 0 Å². The number of nitrogens with zero attached hydrogens (tertiary/aromatic N) is 2. The Morgan fingerprint density at radius 3 is 2.45 bits per heavy atom. The van der Waals surface area contributed by atoms with Crippen molar-refractivity contribution in [2.24, 2.45) is 7.05 Å². The van der Waals surface area contributed by atoms with Crippen LogP contribution in [0.2, 0.25) is 0 Å². The first kappa shape index (κ1) is 18.7. The lowest BCUT2D eigenvalue weighted by atomic mass is 9.92. The molecule has 146 valence electrons. The Balaban J connectivity index is 1.78. The number of aryl methyl sites for hydroxylation is 1. The molecule has 0 aliphatic rings. The smallest absolute Gasteiger partial charge is 0.228 e. The highest BCUT2D eigenvalue weighted by Gasteiger charge is 2.25. The van der Waals surface area contributed by atoms with Gasteiger partial charge >= 0.3 is 0 Å². The highest BCUT2D eigenvalue weighted by Crippen LogP contribution is 2.36. The van der Waals surface area contributed by atoms with Crippen LogP contribution in [0, 0.1) is 0 Å². The third-order valence-electron chi connectivity index (χ3n) is 5.27. The van der Waals surface area contributed by atoms with Crippen molar-refractivity contribution < 1.29 is 9.90 Å². The zero-order valence-corrected chi connectivity index (χ0v) is 16.4. The molecule has 4 aromatic rings. The Morgan fingerprint density at radius 1 is 1.00 bits per heavy atom. The Hall–Kier alpha value is -3.60. The van der Waals surface area contributed by atoms with E-state index in [2.05, 4.69) is 10.4 Å². The summed E-state index contributed by atoms with van der Waals surface area (Å²) in [5.41, 5.74) is 2.45. The normalized spacial score (nSPS) is 13.2. The third kappa shape index (κ3) is 3.72. The summed E-state index contributed by atoms with van der Waals surface area (Å²) in [5, 5.41) is 20.0. The number of carbonyl (C=O) groups excluding carboxylic acids is 1. The molecule has 0 saturated heterocycles. The Bertz CT molecular complexity index is 1150. The summed E-state index contributed by atoms with van der Waals surface area (Å²) >= 11 is 0. The number of amides is 1. The van der Waals surface area contributed by atoms with Crippen molar-refractivity contribution in [3.63, 3.8) is 0 Å². The molecule has 3 aromatic carbocycles. The summed E-state index contributed by atoms with van der Waals surface area (Å²) in [6.07, 6.45) is 3.55. The van der Waals surface area contributed by atoms with Gasteiger partial charge in [-0.3, -0.25) is 9.48 Å². The van der Waals surface area contributed by atoms with E-state index >= 15 is 0 Å². The van der Waals surface area contributed by atoms with Crippen LogP contribution >= 0.6 is 0 Å². The average Bonchev–Trinajstić information content (AvgIpc) is 3.18. The second-order valence-electron chi connectivity index (χ2n) is 7.24. The lowest BCUT2D eigenvalue weighted by Crippen LogP contribution is -2.32. The van der Waals surface area contributed by atoms with Crippen LogP contribution in [0.5, 0.6) is 5.75 Å². The van der Waals surface area contributed by atoms with Crippen LogP contribution in [0.4, 0.5) is 0 Å². The van der Waals surface area contributed by atoms with Crippen molar-refractivity contribution in [1.29, 1.82) is 0 Å². The molecular weight excluding hydrogens is 362 g/mol. The number of aromatic nitrogens is 2. The lowest BCUT2D eigenvalue weighted by molar-refractivity contribution is -0.122. The summed E-state index contributed by atoms with van der Waals surface area (Å²) in [6, 6.07) is 20.7. The van der Waals surface area contributed by atoms with E-state index in [0.29, 0.717) is 5.56 Å². The molecular formula is C24H23N3O2. The first-order valence-electron chi connectivity index (χ1n) is 9.59. The molecule has 1 amide bonds. The van der Waals surface area contributed by atoms with Gasteiger partial charge in [-0.1, -0.05) is 60.7 Å². The van der Waals surface area contributed by atoms with Crippen LogP contribution in [0.25, 0.3) is 10.8 Å². The second kappa shape index (κ2) is 7.80. The number of hydrogen-bond donors (Lipinski definition) is 2. The van der Waals surface area contributed by atoms with Crippen molar-refractivity contribution >= 4 is 16.7 Å². The highest BCUT2D eigenvalue weighted by molar-refractivity contribution is 5.90. The van der Waals surface area contributed by atoms with Crippen LogP contribution in [-0.4, -0.2) is 20.8 Å². The summed E-state index contributed by atoms with van der Waals surface area (Å²) in [5.74, 6) is -0.335. The topological polar surface area (TPSA) is 67.2 Å². The van der Waals surface area contributed by atoms with Crippen LogP contribution in [0.15, 0.2) is 79.1 Å². The second-order valence-corrected chi connectivity index (χ2v) is 7.24. The van der Waals surface area contributed by atoms with Gasteiger partial charge in [-0.25, -0.2) is 0 Å². The van der Waals surface area contributed by atoms with Crippen molar-refractivity contribution in [2.45, 2.75) is 18.9 Å². The number of fused-ring (bicyclic) bond motifs is 1.